The van der Waals surface area contributed by atoms with E-state index in [4.69, 9.17) is 0 Å². The van der Waals surface area contributed by atoms with Gasteiger partial charge in [0, 0.05) is 34.1 Å². The van der Waals surface area contributed by atoms with Gasteiger partial charge >= 0.3 is 0 Å². The van der Waals surface area contributed by atoms with E-state index in [0.29, 0.717) is 0 Å². The zero-order valence-corrected chi connectivity index (χ0v) is 10.8. The topological polar surface area (TPSA) is 25.8 Å². The highest BCUT2D eigenvalue weighted by Crippen LogP contribution is 2.14. The van der Waals surface area contributed by atoms with E-state index >= 15 is 0 Å². The van der Waals surface area contributed by atoms with Gasteiger partial charge in [0.1, 0.15) is 5.82 Å². The monoisotopic (exact) mass is 282 g/mol. The second-order valence-corrected chi connectivity index (χ2v) is 4.88. The summed E-state index contributed by atoms with van der Waals surface area (Å²) in [6, 6.07) is 4.17. The first-order valence-corrected chi connectivity index (χ1v) is 6.69. The van der Waals surface area contributed by atoms with Gasteiger partial charge in [-0.1, -0.05) is 22.0 Å². The highest BCUT2D eigenvalue weighted by molar-refractivity contribution is 9.08. The van der Waals surface area contributed by atoms with Crippen LogP contribution in [0.25, 0.3) is 0 Å². The van der Waals surface area contributed by atoms with Crippen LogP contribution >= 0.6 is 27.3 Å². The average Bonchev–Trinajstić information content (AvgIpc) is 2.71. The van der Waals surface area contributed by atoms with Crippen LogP contribution in [0.4, 0.5) is 0 Å². The number of hydrogen-bond acceptors (Lipinski definition) is 3. The first-order chi connectivity index (χ1) is 7.29. The molecule has 78 valence electrons. The SMILES string of the molecule is Cc1nc(Cc2cccs2)ncc1CBr. The van der Waals surface area contributed by atoms with E-state index in [0.717, 1.165) is 28.8 Å². The van der Waals surface area contributed by atoms with E-state index < -0.39 is 0 Å². The van der Waals surface area contributed by atoms with E-state index in [9.17, 15) is 0 Å². The predicted octanol–water partition coefficient (Wildman–Crippen LogP) is 3.33. The molecule has 0 aromatic carbocycles. The molecule has 2 aromatic heterocycles. The minimum Gasteiger partial charge on any atom is -0.241 e. The molecule has 0 radical (unpaired) electrons. The first-order valence-electron chi connectivity index (χ1n) is 4.69. The first kappa shape index (κ1) is 10.8. The molecule has 2 nitrogen and oxygen atoms in total. The summed E-state index contributed by atoms with van der Waals surface area (Å²) >= 11 is 5.16. The molecule has 0 spiro atoms. The lowest BCUT2D eigenvalue weighted by molar-refractivity contribution is 0.933. The largest absolute Gasteiger partial charge is 0.241 e. The minimum atomic E-state index is 0.818. The van der Waals surface area contributed by atoms with Gasteiger partial charge in [-0.15, -0.1) is 11.3 Å². The molecule has 0 bridgehead atoms. The molecule has 2 heterocycles. The highest BCUT2D eigenvalue weighted by Gasteiger charge is 2.03. The molecule has 0 unspecified atom stereocenters. The average molecular weight is 283 g/mol. The van der Waals surface area contributed by atoms with Gasteiger partial charge in [0.05, 0.1) is 0 Å². The fourth-order valence-corrected chi connectivity index (χ4v) is 2.58. The number of halogens is 1. The maximum Gasteiger partial charge on any atom is 0.133 e. The summed E-state index contributed by atoms with van der Waals surface area (Å²) in [6.45, 7) is 2.02. The van der Waals surface area contributed by atoms with Gasteiger partial charge in [-0.25, -0.2) is 9.97 Å². The Morgan fingerprint density at radius 2 is 2.33 bits per heavy atom. The van der Waals surface area contributed by atoms with Gasteiger partial charge in [-0.05, 0) is 18.4 Å². The van der Waals surface area contributed by atoms with E-state index in [2.05, 4.69) is 43.4 Å². The summed E-state index contributed by atoms with van der Waals surface area (Å²) in [5.74, 6) is 0.902. The Morgan fingerprint density at radius 3 is 2.93 bits per heavy atom. The van der Waals surface area contributed by atoms with Crippen molar-refractivity contribution in [3.8, 4) is 0 Å². The number of thiophene rings is 1. The van der Waals surface area contributed by atoms with Crippen molar-refractivity contribution in [2.24, 2.45) is 0 Å². The fraction of sp³-hybridized carbons (Fsp3) is 0.273. The standard InChI is InChI=1S/C11H11BrN2S/c1-8-9(6-12)7-13-11(14-8)5-10-3-2-4-15-10/h2-4,7H,5-6H2,1H3. The van der Waals surface area contributed by atoms with E-state index in [1.165, 1.54) is 4.88 Å². The van der Waals surface area contributed by atoms with Crippen LogP contribution in [0.3, 0.4) is 0 Å². The number of aryl methyl sites for hydroxylation is 1. The maximum absolute atomic E-state index is 4.48. The van der Waals surface area contributed by atoms with Crippen LogP contribution in [0, 0.1) is 6.92 Å². The molecule has 2 aromatic rings. The molecule has 0 fully saturated rings. The third-order valence-electron chi connectivity index (χ3n) is 2.19. The van der Waals surface area contributed by atoms with Crippen LogP contribution < -0.4 is 0 Å². The maximum atomic E-state index is 4.48. The van der Waals surface area contributed by atoms with Crippen molar-refractivity contribution in [1.82, 2.24) is 9.97 Å². The van der Waals surface area contributed by atoms with Crippen molar-refractivity contribution in [2.45, 2.75) is 18.7 Å². The number of hydrogen-bond donors (Lipinski definition) is 0. The Balaban J connectivity index is 2.20. The molecule has 2 rings (SSSR count). The summed E-state index contributed by atoms with van der Waals surface area (Å²) in [6.07, 6.45) is 2.74. The van der Waals surface area contributed by atoms with Crippen LogP contribution in [0.1, 0.15) is 22.0 Å². The van der Waals surface area contributed by atoms with Crippen molar-refractivity contribution in [2.75, 3.05) is 0 Å². The number of rotatable bonds is 3. The second kappa shape index (κ2) is 4.86. The summed E-state index contributed by atoms with van der Waals surface area (Å²) in [5, 5.41) is 2.90. The van der Waals surface area contributed by atoms with E-state index in [1.807, 2.05) is 13.1 Å². The molecule has 0 saturated heterocycles. The van der Waals surface area contributed by atoms with Crippen LogP contribution in [-0.2, 0) is 11.8 Å². The third-order valence-corrected chi connectivity index (χ3v) is 3.67. The van der Waals surface area contributed by atoms with Crippen molar-refractivity contribution in [1.29, 1.82) is 0 Å². The van der Waals surface area contributed by atoms with E-state index in [-0.39, 0.29) is 0 Å². The minimum absolute atomic E-state index is 0.818. The van der Waals surface area contributed by atoms with Gasteiger partial charge in [0.15, 0.2) is 0 Å². The number of nitrogens with zero attached hydrogens (tertiary/aromatic N) is 2. The smallest absolute Gasteiger partial charge is 0.133 e. The number of aromatic nitrogens is 2. The molecule has 15 heavy (non-hydrogen) atoms. The van der Waals surface area contributed by atoms with Gasteiger partial charge in [0.25, 0.3) is 0 Å². The zero-order chi connectivity index (χ0) is 10.7. The second-order valence-electron chi connectivity index (χ2n) is 3.29. The van der Waals surface area contributed by atoms with Gasteiger partial charge in [-0.3, -0.25) is 0 Å². The van der Waals surface area contributed by atoms with Crippen molar-refractivity contribution in [3.05, 3.63) is 45.7 Å². The molecule has 0 saturated carbocycles. The normalized spacial score (nSPS) is 10.5. The van der Waals surface area contributed by atoms with Crippen molar-refractivity contribution < 1.29 is 0 Å². The Bertz CT molecular complexity index is 440. The fourth-order valence-electron chi connectivity index (χ4n) is 1.33. The van der Waals surface area contributed by atoms with Gasteiger partial charge in [-0.2, -0.15) is 0 Å². The van der Waals surface area contributed by atoms with Crippen LogP contribution in [0.2, 0.25) is 0 Å². The van der Waals surface area contributed by atoms with Gasteiger partial charge < -0.3 is 0 Å². The van der Waals surface area contributed by atoms with Crippen molar-refractivity contribution >= 4 is 27.3 Å². The lowest BCUT2D eigenvalue weighted by Gasteiger charge is -2.03. The molecule has 0 aliphatic heterocycles. The lowest BCUT2D eigenvalue weighted by atomic mass is 10.2. The van der Waals surface area contributed by atoms with E-state index in [1.54, 1.807) is 11.3 Å². The molecule has 0 amide bonds. The lowest BCUT2D eigenvalue weighted by Crippen LogP contribution is -1.99. The summed E-state index contributed by atoms with van der Waals surface area (Å²) in [5.41, 5.74) is 2.22. The quantitative estimate of drug-likeness (QED) is 0.807. The van der Waals surface area contributed by atoms with Crippen LogP contribution in [-0.4, -0.2) is 9.97 Å². The summed E-state index contributed by atoms with van der Waals surface area (Å²) in [7, 11) is 0. The molecule has 0 atom stereocenters. The van der Waals surface area contributed by atoms with Crippen molar-refractivity contribution in [3.63, 3.8) is 0 Å². The zero-order valence-electron chi connectivity index (χ0n) is 8.40. The van der Waals surface area contributed by atoms with Gasteiger partial charge in [0.2, 0.25) is 0 Å². The Hall–Kier alpha value is -0.740. The van der Waals surface area contributed by atoms with Crippen LogP contribution in [0.15, 0.2) is 23.7 Å². The summed E-state index contributed by atoms with van der Waals surface area (Å²) < 4.78 is 0. The Morgan fingerprint density at radius 1 is 1.47 bits per heavy atom. The molecule has 0 aliphatic carbocycles. The van der Waals surface area contributed by atoms with Crippen LogP contribution in [0.5, 0.6) is 0 Å². The Kier molecular flexibility index (Phi) is 3.49. The third kappa shape index (κ3) is 2.63. The Labute approximate surface area is 102 Å². The summed E-state index contributed by atoms with van der Waals surface area (Å²) in [4.78, 5) is 10.1. The highest BCUT2D eigenvalue weighted by atomic mass is 79.9. The molecule has 0 aliphatic rings. The predicted molar refractivity (Wildman–Crippen MR) is 66.5 cm³/mol. The molecule has 0 N–H and O–H groups in total. The number of alkyl halides is 1. The molecule has 4 heteroatoms. The molecular weight excluding hydrogens is 272 g/mol. The molecular formula is C11H11BrN2S.